The van der Waals surface area contributed by atoms with Crippen LogP contribution in [-0.4, -0.2) is 9.97 Å². The first-order chi connectivity index (χ1) is 7.16. The Balaban J connectivity index is 2.37. The van der Waals surface area contributed by atoms with Crippen molar-refractivity contribution in [2.45, 2.75) is 19.8 Å². The van der Waals surface area contributed by atoms with E-state index in [0.717, 1.165) is 17.1 Å². The zero-order valence-corrected chi connectivity index (χ0v) is 8.77. The van der Waals surface area contributed by atoms with Crippen molar-refractivity contribution in [3.8, 4) is 11.3 Å². The lowest BCUT2D eigenvalue weighted by molar-refractivity contribution is 0.471. The molecule has 0 saturated heterocycles. The zero-order chi connectivity index (χ0) is 10.8. The van der Waals surface area contributed by atoms with E-state index in [0.29, 0.717) is 5.82 Å². The van der Waals surface area contributed by atoms with E-state index in [1.54, 1.807) is 18.5 Å². The molecule has 0 amide bonds. The van der Waals surface area contributed by atoms with Gasteiger partial charge in [0.25, 0.3) is 0 Å². The average molecular weight is 203 g/mol. The summed E-state index contributed by atoms with van der Waals surface area (Å²) in [5.74, 6) is 1.51. The van der Waals surface area contributed by atoms with Crippen LogP contribution in [0.1, 0.15) is 25.7 Å². The van der Waals surface area contributed by atoms with E-state index in [4.69, 9.17) is 10.2 Å². The molecule has 2 rings (SSSR count). The number of aromatic nitrogens is 2. The van der Waals surface area contributed by atoms with Crippen LogP contribution in [0.3, 0.4) is 0 Å². The van der Waals surface area contributed by atoms with Gasteiger partial charge in [-0.1, -0.05) is 13.8 Å². The Morgan fingerprint density at radius 3 is 2.80 bits per heavy atom. The van der Waals surface area contributed by atoms with Crippen molar-refractivity contribution in [1.29, 1.82) is 0 Å². The van der Waals surface area contributed by atoms with Crippen molar-refractivity contribution in [1.82, 2.24) is 9.97 Å². The van der Waals surface area contributed by atoms with Crippen LogP contribution >= 0.6 is 0 Å². The summed E-state index contributed by atoms with van der Waals surface area (Å²) in [6, 6.07) is 3.64. The summed E-state index contributed by atoms with van der Waals surface area (Å²) in [6.45, 7) is 4.08. The fourth-order valence-electron chi connectivity index (χ4n) is 1.29. The molecule has 0 aliphatic heterocycles. The largest absolute Gasteiger partial charge is 0.448 e. The van der Waals surface area contributed by atoms with Crippen molar-refractivity contribution < 1.29 is 4.42 Å². The maximum absolute atomic E-state index is 5.59. The summed E-state index contributed by atoms with van der Waals surface area (Å²) in [6.07, 6.45) is 3.30. The zero-order valence-electron chi connectivity index (χ0n) is 8.77. The van der Waals surface area contributed by atoms with Crippen molar-refractivity contribution in [3.63, 3.8) is 0 Å². The Hall–Kier alpha value is -1.84. The molecule has 2 aromatic heterocycles. The predicted octanol–water partition coefficient (Wildman–Crippen LogP) is 2.44. The van der Waals surface area contributed by atoms with E-state index < -0.39 is 0 Å². The van der Waals surface area contributed by atoms with Gasteiger partial charge in [0, 0.05) is 17.7 Å². The lowest BCUT2D eigenvalue weighted by atomic mass is 10.2. The molecule has 0 atom stereocenters. The fourth-order valence-corrected chi connectivity index (χ4v) is 1.29. The molecule has 0 aromatic carbocycles. The highest BCUT2D eigenvalue weighted by Crippen LogP contribution is 2.22. The lowest BCUT2D eigenvalue weighted by Crippen LogP contribution is -1.90. The van der Waals surface area contributed by atoms with Crippen LogP contribution in [0, 0.1) is 0 Å². The molecule has 0 aliphatic carbocycles. The van der Waals surface area contributed by atoms with Crippen molar-refractivity contribution in [2.75, 3.05) is 5.73 Å². The van der Waals surface area contributed by atoms with Crippen LogP contribution in [0.15, 0.2) is 29.0 Å². The van der Waals surface area contributed by atoms with Crippen LogP contribution in [0.4, 0.5) is 5.82 Å². The maximum Gasteiger partial charge on any atom is 0.197 e. The summed E-state index contributed by atoms with van der Waals surface area (Å²) in [5.41, 5.74) is 7.32. The smallest absolute Gasteiger partial charge is 0.197 e. The van der Waals surface area contributed by atoms with Gasteiger partial charge in [-0.15, -0.1) is 0 Å². The Labute approximate surface area is 88.2 Å². The molecule has 0 bridgehead atoms. The van der Waals surface area contributed by atoms with Gasteiger partial charge in [0.05, 0.1) is 0 Å². The van der Waals surface area contributed by atoms with Gasteiger partial charge in [0.15, 0.2) is 5.89 Å². The third kappa shape index (κ3) is 1.98. The number of nitrogens with two attached hydrogens (primary N) is 1. The number of nitrogen functional groups attached to an aromatic ring is 1. The molecule has 0 unspecified atom stereocenters. The molecule has 2 heterocycles. The number of oxazole rings is 1. The molecule has 0 saturated carbocycles. The van der Waals surface area contributed by atoms with Crippen molar-refractivity contribution in [2.24, 2.45) is 0 Å². The maximum atomic E-state index is 5.59. The molecule has 0 radical (unpaired) electrons. The summed E-state index contributed by atoms with van der Waals surface area (Å²) in [5, 5.41) is 0. The molecule has 2 N–H and O–H groups in total. The van der Waals surface area contributed by atoms with Gasteiger partial charge in [-0.3, -0.25) is 0 Å². The quantitative estimate of drug-likeness (QED) is 0.814. The summed E-state index contributed by atoms with van der Waals surface area (Å²) >= 11 is 0. The summed E-state index contributed by atoms with van der Waals surface area (Å²) < 4.78 is 5.35. The average Bonchev–Trinajstić information content (AvgIpc) is 2.66. The van der Waals surface area contributed by atoms with Gasteiger partial charge in [-0.25, -0.2) is 9.97 Å². The van der Waals surface area contributed by atoms with Gasteiger partial charge in [0.1, 0.15) is 17.8 Å². The molecular formula is C11H13N3O. The Bertz CT molecular complexity index is 462. The monoisotopic (exact) mass is 203 g/mol. The Kier molecular flexibility index (Phi) is 2.41. The second-order valence-corrected chi connectivity index (χ2v) is 3.70. The van der Waals surface area contributed by atoms with E-state index in [2.05, 4.69) is 9.97 Å². The molecule has 15 heavy (non-hydrogen) atoms. The first kappa shape index (κ1) is 9.71. The van der Waals surface area contributed by atoms with Crippen LogP contribution < -0.4 is 5.73 Å². The molecule has 0 aliphatic rings. The normalized spacial score (nSPS) is 10.9. The third-order valence-electron chi connectivity index (χ3n) is 2.09. The molecule has 0 fully saturated rings. The van der Waals surface area contributed by atoms with Crippen LogP contribution in [0.25, 0.3) is 11.3 Å². The second kappa shape index (κ2) is 3.73. The van der Waals surface area contributed by atoms with Crippen LogP contribution in [-0.2, 0) is 0 Å². The van der Waals surface area contributed by atoms with E-state index in [1.165, 1.54) is 0 Å². The van der Waals surface area contributed by atoms with Gasteiger partial charge in [-0.05, 0) is 12.1 Å². The molecule has 0 spiro atoms. The second-order valence-electron chi connectivity index (χ2n) is 3.70. The minimum atomic E-state index is 0.290. The first-order valence-corrected chi connectivity index (χ1v) is 4.84. The van der Waals surface area contributed by atoms with Gasteiger partial charge in [-0.2, -0.15) is 0 Å². The topological polar surface area (TPSA) is 64.9 Å². The number of hydrogen-bond acceptors (Lipinski definition) is 4. The Morgan fingerprint density at radius 2 is 2.20 bits per heavy atom. The lowest BCUT2D eigenvalue weighted by Gasteiger charge is -1.97. The van der Waals surface area contributed by atoms with E-state index in [-0.39, 0.29) is 5.92 Å². The SMILES string of the molecule is CC(C)c1nc(-c2ccnc(N)c2)co1. The van der Waals surface area contributed by atoms with Gasteiger partial charge in [0.2, 0.25) is 0 Å². The van der Waals surface area contributed by atoms with E-state index in [9.17, 15) is 0 Å². The highest BCUT2D eigenvalue weighted by molar-refractivity contribution is 5.60. The minimum absolute atomic E-state index is 0.290. The summed E-state index contributed by atoms with van der Waals surface area (Å²) in [4.78, 5) is 8.30. The fraction of sp³-hybridized carbons (Fsp3) is 0.273. The van der Waals surface area contributed by atoms with E-state index >= 15 is 0 Å². The van der Waals surface area contributed by atoms with E-state index in [1.807, 2.05) is 19.9 Å². The molecular weight excluding hydrogens is 190 g/mol. The van der Waals surface area contributed by atoms with Gasteiger partial charge >= 0.3 is 0 Å². The third-order valence-corrected chi connectivity index (χ3v) is 2.09. The van der Waals surface area contributed by atoms with Crippen molar-refractivity contribution in [3.05, 3.63) is 30.5 Å². The number of rotatable bonds is 2. The molecule has 78 valence electrons. The standard InChI is InChI=1S/C11H13N3O/c1-7(2)11-14-9(6-15-11)8-3-4-13-10(12)5-8/h3-7H,1-2H3,(H2,12,13). The van der Waals surface area contributed by atoms with Crippen molar-refractivity contribution >= 4 is 5.82 Å². The number of hydrogen-bond donors (Lipinski definition) is 1. The molecule has 4 nitrogen and oxygen atoms in total. The first-order valence-electron chi connectivity index (χ1n) is 4.84. The Morgan fingerprint density at radius 1 is 1.40 bits per heavy atom. The summed E-state index contributed by atoms with van der Waals surface area (Å²) in [7, 11) is 0. The molecule has 2 aromatic rings. The number of anilines is 1. The van der Waals surface area contributed by atoms with Crippen LogP contribution in [0.5, 0.6) is 0 Å². The van der Waals surface area contributed by atoms with Crippen LogP contribution in [0.2, 0.25) is 0 Å². The number of nitrogens with zero attached hydrogens (tertiary/aromatic N) is 2. The highest BCUT2D eigenvalue weighted by Gasteiger charge is 2.09. The van der Waals surface area contributed by atoms with Gasteiger partial charge < -0.3 is 10.2 Å². The molecule has 4 heteroatoms. The highest BCUT2D eigenvalue weighted by atomic mass is 16.3. The minimum Gasteiger partial charge on any atom is -0.448 e. The number of pyridine rings is 1. The predicted molar refractivity (Wildman–Crippen MR) is 58.2 cm³/mol.